The lowest BCUT2D eigenvalue weighted by Gasteiger charge is -2.40. The Bertz CT molecular complexity index is 2440. The smallest absolute Gasteiger partial charge is 0.379 e. The van der Waals surface area contributed by atoms with Crippen LogP contribution in [0.5, 0.6) is 23.0 Å². The topological polar surface area (TPSA) is 205 Å². The van der Waals surface area contributed by atoms with Crippen LogP contribution in [-0.2, 0) is 14.3 Å². The normalized spacial score (nSPS) is 20.8. The van der Waals surface area contributed by atoms with Gasteiger partial charge in [-0.3, -0.25) is 4.79 Å². The number of ether oxygens (including phenoxy) is 4. The molecule has 250 valence electrons. The van der Waals surface area contributed by atoms with Crippen LogP contribution < -0.4 is 26.4 Å². The van der Waals surface area contributed by atoms with E-state index in [1.807, 2.05) is 0 Å². The number of aliphatic hydroxyl groups excluding tert-OH is 2. The first kappa shape index (κ1) is 31.6. The first-order valence-corrected chi connectivity index (χ1v) is 14.9. The molecule has 3 aromatic carbocycles. The van der Waals surface area contributed by atoms with Crippen molar-refractivity contribution in [3.63, 3.8) is 0 Å². The lowest BCUT2D eigenvalue weighted by molar-refractivity contribution is -0.272. The Morgan fingerprint density at radius 1 is 0.735 bits per heavy atom. The molecule has 5 unspecified atom stereocenters. The first-order valence-electron chi connectivity index (χ1n) is 14.9. The van der Waals surface area contributed by atoms with Crippen molar-refractivity contribution in [2.45, 2.75) is 44.6 Å². The van der Waals surface area contributed by atoms with Crippen molar-refractivity contribution in [3.05, 3.63) is 104 Å². The van der Waals surface area contributed by atoms with Crippen LogP contribution >= 0.6 is 0 Å². The Labute approximate surface area is 273 Å². The third-order valence-corrected chi connectivity index (χ3v) is 7.99. The van der Waals surface area contributed by atoms with E-state index in [1.165, 1.54) is 55.5 Å². The van der Waals surface area contributed by atoms with E-state index in [1.54, 1.807) is 24.3 Å². The average molecular weight is 671 g/mol. The van der Waals surface area contributed by atoms with Gasteiger partial charge < -0.3 is 47.5 Å². The zero-order valence-electron chi connectivity index (χ0n) is 25.6. The Balaban J connectivity index is 1.34. The first-order chi connectivity index (χ1) is 23.5. The molecule has 0 radical (unpaired) electrons. The summed E-state index contributed by atoms with van der Waals surface area (Å²) in [6.07, 6.45) is -6.95. The molecule has 7 rings (SSSR count). The highest BCUT2D eigenvalue weighted by atomic mass is 16.7. The van der Waals surface area contributed by atoms with Gasteiger partial charge in [0.2, 0.25) is 12.0 Å². The van der Waals surface area contributed by atoms with E-state index in [2.05, 4.69) is 0 Å². The zero-order valence-corrected chi connectivity index (χ0v) is 25.6. The fourth-order valence-electron chi connectivity index (χ4n) is 5.73. The predicted molar refractivity (Wildman–Crippen MR) is 171 cm³/mol. The van der Waals surface area contributed by atoms with Gasteiger partial charge in [-0.05, 0) is 61.5 Å². The van der Waals surface area contributed by atoms with Gasteiger partial charge in [0.25, 0.3) is 0 Å². The van der Waals surface area contributed by atoms with Gasteiger partial charge in [0, 0.05) is 41.3 Å². The number of aliphatic hydroxyl groups is 2. The molecule has 0 amide bonds. The number of benzene rings is 3. The summed E-state index contributed by atoms with van der Waals surface area (Å²) in [6, 6.07) is 17.3. The van der Waals surface area contributed by atoms with E-state index in [4.69, 9.17) is 32.2 Å². The highest BCUT2D eigenvalue weighted by molar-refractivity contribution is 6.05. The molecule has 14 heteroatoms. The van der Waals surface area contributed by atoms with Crippen LogP contribution in [-0.4, -0.2) is 52.0 Å². The van der Waals surface area contributed by atoms with Crippen molar-refractivity contribution < 1.29 is 52.3 Å². The number of phenolic OH excluding ortho intramolecular Hbond substituents is 1. The summed E-state index contributed by atoms with van der Waals surface area (Å²) in [5, 5.41) is 34.2. The van der Waals surface area contributed by atoms with Crippen molar-refractivity contribution in [2.24, 2.45) is 0 Å². The van der Waals surface area contributed by atoms with Gasteiger partial charge in [-0.15, -0.1) is 0 Å². The van der Waals surface area contributed by atoms with Crippen molar-refractivity contribution >= 4 is 38.9 Å². The van der Waals surface area contributed by atoms with Crippen molar-refractivity contribution in [3.8, 4) is 34.1 Å². The minimum Gasteiger partial charge on any atom is -0.507 e. The molecule has 49 heavy (non-hydrogen) atoms. The summed E-state index contributed by atoms with van der Waals surface area (Å²) in [6.45, 7) is 2.66. The number of carbonyl (C=O) groups excluding carboxylic acids is 1. The molecule has 3 aromatic heterocycles. The average Bonchev–Trinajstić information content (AvgIpc) is 3.06. The van der Waals surface area contributed by atoms with Crippen LogP contribution in [0.15, 0.2) is 100 Å². The Morgan fingerprint density at radius 2 is 1.41 bits per heavy atom. The second kappa shape index (κ2) is 12.2. The highest BCUT2D eigenvalue weighted by Crippen LogP contribution is 2.46. The number of fused-ring (bicyclic) bond motifs is 3. The van der Waals surface area contributed by atoms with Gasteiger partial charge in [-0.1, -0.05) is 0 Å². The third-order valence-electron chi connectivity index (χ3n) is 7.99. The van der Waals surface area contributed by atoms with Gasteiger partial charge in [0.15, 0.2) is 11.7 Å². The zero-order chi connectivity index (χ0) is 34.6. The van der Waals surface area contributed by atoms with Crippen LogP contribution in [0.1, 0.15) is 13.8 Å². The molecule has 1 aliphatic heterocycles. The third kappa shape index (κ3) is 5.88. The monoisotopic (exact) mass is 670 g/mol. The molecule has 0 spiro atoms. The molecule has 1 saturated heterocycles. The largest absolute Gasteiger partial charge is 0.507 e. The van der Waals surface area contributed by atoms with Crippen LogP contribution in [0.3, 0.4) is 0 Å². The molecule has 0 bridgehead atoms. The molecule has 6 aromatic rings. The number of aromatic hydroxyl groups is 1. The summed E-state index contributed by atoms with van der Waals surface area (Å²) >= 11 is 0. The maximum atomic E-state index is 13.3. The summed E-state index contributed by atoms with van der Waals surface area (Å²) < 4.78 is 39.2. The summed E-state index contributed by atoms with van der Waals surface area (Å²) in [4.78, 5) is 49.0. The maximum absolute atomic E-state index is 13.3. The molecule has 5 atom stereocenters. The predicted octanol–water partition coefficient (Wildman–Crippen LogP) is 3.95. The molecule has 0 saturated carbocycles. The van der Waals surface area contributed by atoms with E-state index in [9.17, 15) is 34.5 Å². The molecule has 4 heterocycles. The van der Waals surface area contributed by atoms with Gasteiger partial charge >= 0.3 is 22.8 Å². The fourth-order valence-corrected chi connectivity index (χ4v) is 5.73. The van der Waals surface area contributed by atoms with Crippen LogP contribution in [0.25, 0.3) is 44.0 Å². The number of phenols is 1. The molecule has 1 aliphatic rings. The standard InChI is InChI=1S/C35H26O14/c1-15-31(44-16(2)36)29(40)30(41)35(43-15)47-22-10-5-18-7-12-26(39)48-32(18)28(22)27-21(37)9-4-19-13-24(34(42)49-33(19)27)45-20-8-3-17-6-11-25(38)46-23(17)14-20/h3-15,29-31,35,37,40-41H,1-2H3. The SMILES string of the molecule is CC(=O)OC1C(C)OC(Oc2ccc3ccc(=O)oc3c2-c2c(O)ccc3cc(Oc4ccc5ccc(=O)oc5c4)c(=O)oc23)C(O)C1O. The van der Waals surface area contributed by atoms with E-state index in [0.29, 0.717) is 10.8 Å². The second-order valence-electron chi connectivity index (χ2n) is 11.3. The van der Waals surface area contributed by atoms with E-state index >= 15 is 0 Å². The van der Waals surface area contributed by atoms with E-state index < -0.39 is 59.3 Å². The molecular weight excluding hydrogens is 644 g/mol. The van der Waals surface area contributed by atoms with Crippen molar-refractivity contribution in [2.75, 3.05) is 0 Å². The minimum absolute atomic E-state index is 0.0419. The van der Waals surface area contributed by atoms with Gasteiger partial charge in [0.1, 0.15) is 40.6 Å². The maximum Gasteiger partial charge on any atom is 0.379 e. The van der Waals surface area contributed by atoms with Crippen LogP contribution in [0, 0.1) is 0 Å². The van der Waals surface area contributed by atoms with Crippen LogP contribution in [0.4, 0.5) is 0 Å². The van der Waals surface area contributed by atoms with E-state index in [0.717, 1.165) is 6.92 Å². The minimum atomic E-state index is -1.71. The highest BCUT2D eigenvalue weighted by Gasteiger charge is 2.46. The Morgan fingerprint density at radius 3 is 2.18 bits per heavy atom. The Kier molecular flexibility index (Phi) is 7.90. The number of esters is 1. The second-order valence-corrected chi connectivity index (χ2v) is 11.3. The fraction of sp³-hybridized carbons (Fsp3) is 0.200. The quantitative estimate of drug-likeness (QED) is 0.170. The molecule has 3 N–H and O–H groups in total. The van der Waals surface area contributed by atoms with Gasteiger partial charge in [-0.2, -0.15) is 0 Å². The Hall–Kier alpha value is -5.96. The number of hydrogen-bond donors (Lipinski definition) is 3. The summed E-state index contributed by atoms with van der Waals surface area (Å²) in [7, 11) is 0. The molecule has 0 aliphatic carbocycles. The van der Waals surface area contributed by atoms with Crippen LogP contribution in [0.2, 0.25) is 0 Å². The number of carbonyl (C=O) groups is 1. The lowest BCUT2D eigenvalue weighted by Crippen LogP contribution is -2.59. The number of rotatable bonds is 6. The molecule has 1 fully saturated rings. The molecule has 14 nitrogen and oxygen atoms in total. The summed E-state index contributed by atoms with van der Waals surface area (Å²) in [5.41, 5.74) is -2.36. The number of hydrogen-bond acceptors (Lipinski definition) is 14. The van der Waals surface area contributed by atoms with Crippen molar-refractivity contribution in [1.29, 1.82) is 0 Å². The lowest BCUT2D eigenvalue weighted by atomic mass is 9.97. The van der Waals surface area contributed by atoms with Crippen molar-refractivity contribution in [1.82, 2.24) is 0 Å². The van der Waals surface area contributed by atoms with E-state index in [-0.39, 0.29) is 50.5 Å². The molecular formula is C35H26O14. The van der Waals surface area contributed by atoms with Gasteiger partial charge in [-0.25, -0.2) is 14.4 Å². The summed E-state index contributed by atoms with van der Waals surface area (Å²) in [5.74, 6) is -1.24. The van der Waals surface area contributed by atoms with Gasteiger partial charge in [0.05, 0.1) is 17.2 Å².